The molecule has 0 heterocycles. The average Bonchev–Trinajstić information content (AvgIpc) is 3.66. The summed E-state index contributed by atoms with van der Waals surface area (Å²) in [6, 6.07) is 95.1. The molecular formula is C61H43N. The summed E-state index contributed by atoms with van der Waals surface area (Å²) >= 11 is 0. The van der Waals surface area contributed by atoms with Crippen molar-refractivity contribution >= 4 is 17.1 Å². The Morgan fingerprint density at radius 1 is 0.226 bits per heavy atom. The molecule has 1 unspecified atom stereocenters. The molecule has 0 saturated carbocycles. The van der Waals surface area contributed by atoms with Gasteiger partial charge in [-0.15, -0.1) is 0 Å². The van der Waals surface area contributed by atoms with E-state index in [0.717, 1.165) is 17.1 Å². The van der Waals surface area contributed by atoms with Crippen molar-refractivity contribution in [3.8, 4) is 55.6 Å². The van der Waals surface area contributed by atoms with Gasteiger partial charge >= 0.3 is 0 Å². The third kappa shape index (κ3) is 6.52. The highest BCUT2D eigenvalue weighted by molar-refractivity contribution is 5.89. The first-order valence-electron chi connectivity index (χ1n) is 21.4. The molecule has 1 aliphatic rings. The number of hydrogen-bond donors (Lipinski definition) is 0. The molecule has 1 nitrogen and oxygen atoms in total. The minimum absolute atomic E-state index is 0.493. The molecule has 62 heavy (non-hydrogen) atoms. The van der Waals surface area contributed by atoms with Gasteiger partial charge in [-0.05, 0) is 120 Å². The van der Waals surface area contributed by atoms with Gasteiger partial charge in [-0.1, -0.05) is 218 Å². The van der Waals surface area contributed by atoms with Gasteiger partial charge in [0.1, 0.15) is 0 Å². The highest BCUT2D eigenvalue weighted by Gasteiger charge is 2.46. The summed E-state index contributed by atoms with van der Waals surface area (Å²) in [4.78, 5) is 2.35. The maximum atomic E-state index is 2.45. The van der Waals surface area contributed by atoms with E-state index in [2.05, 4.69) is 266 Å². The molecule has 0 aliphatic heterocycles. The largest absolute Gasteiger partial charge is 0.311 e. The van der Waals surface area contributed by atoms with E-state index in [1.807, 2.05) is 0 Å². The van der Waals surface area contributed by atoms with Crippen LogP contribution in [0.3, 0.4) is 0 Å². The second kappa shape index (κ2) is 15.9. The van der Waals surface area contributed by atoms with E-state index < -0.39 is 5.41 Å². The Kier molecular flexibility index (Phi) is 9.48. The molecule has 0 spiro atoms. The Balaban J connectivity index is 1.01. The van der Waals surface area contributed by atoms with Crippen molar-refractivity contribution in [3.63, 3.8) is 0 Å². The fourth-order valence-electron chi connectivity index (χ4n) is 9.60. The molecule has 0 radical (unpaired) electrons. The molecule has 1 heteroatoms. The molecule has 10 aromatic rings. The molecule has 292 valence electrons. The number of benzene rings is 10. The molecule has 0 saturated heterocycles. The Labute approximate surface area is 364 Å². The lowest BCUT2D eigenvalue weighted by atomic mass is 9.67. The highest BCUT2D eigenvalue weighted by Crippen LogP contribution is 2.57. The lowest BCUT2D eigenvalue weighted by Crippen LogP contribution is -2.28. The fraction of sp³-hybridized carbons (Fsp3) is 0.0164. The maximum Gasteiger partial charge on any atom is 0.0713 e. The maximum absolute atomic E-state index is 2.45. The first-order chi connectivity index (χ1) is 30.7. The second-order valence-electron chi connectivity index (χ2n) is 16.1. The zero-order valence-electron chi connectivity index (χ0n) is 34.3. The smallest absolute Gasteiger partial charge is 0.0713 e. The number of anilines is 3. The molecule has 1 aliphatic carbocycles. The predicted molar refractivity (Wildman–Crippen MR) is 260 cm³/mol. The van der Waals surface area contributed by atoms with Crippen molar-refractivity contribution in [1.82, 2.24) is 0 Å². The Morgan fingerprint density at radius 3 is 1.02 bits per heavy atom. The van der Waals surface area contributed by atoms with Gasteiger partial charge in [0.15, 0.2) is 0 Å². The Morgan fingerprint density at radius 2 is 0.548 bits per heavy atom. The van der Waals surface area contributed by atoms with Crippen LogP contribution in [0.2, 0.25) is 0 Å². The third-order valence-electron chi connectivity index (χ3n) is 12.6. The van der Waals surface area contributed by atoms with Gasteiger partial charge < -0.3 is 4.90 Å². The van der Waals surface area contributed by atoms with Crippen LogP contribution in [-0.4, -0.2) is 0 Å². The van der Waals surface area contributed by atoms with E-state index in [4.69, 9.17) is 0 Å². The average molecular weight is 790 g/mol. The minimum Gasteiger partial charge on any atom is -0.311 e. The van der Waals surface area contributed by atoms with Gasteiger partial charge in [-0.3, -0.25) is 0 Å². The molecule has 0 amide bonds. The molecule has 0 fully saturated rings. The summed E-state index contributed by atoms with van der Waals surface area (Å²) in [6.07, 6.45) is 0. The van der Waals surface area contributed by atoms with Gasteiger partial charge in [-0.25, -0.2) is 0 Å². The zero-order chi connectivity index (χ0) is 41.3. The lowest BCUT2D eigenvalue weighted by molar-refractivity contribution is 0.769. The second-order valence-corrected chi connectivity index (χ2v) is 16.1. The minimum atomic E-state index is -0.493. The molecule has 10 aromatic carbocycles. The van der Waals surface area contributed by atoms with Crippen LogP contribution in [0, 0.1) is 0 Å². The zero-order valence-corrected chi connectivity index (χ0v) is 34.3. The van der Waals surface area contributed by atoms with E-state index in [0.29, 0.717) is 0 Å². The van der Waals surface area contributed by atoms with Crippen LogP contribution in [0.15, 0.2) is 261 Å². The summed E-state index contributed by atoms with van der Waals surface area (Å²) in [5.41, 5.74) is 20.1. The molecular weight excluding hydrogens is 747 g/mol. The van der Waals surface area contributed by atoms with Crippen molar-refractivity contribution in [2.45, 2.75) is 5.41 Å². The number of fused-ring (bicyclic) bond motifs is 3. The SMILES string of the molecule is c1ccc(-c2ccc(N(c3ccc(-c4ccccc4)cc3)c3ccc(-c4ccc5c(c4)C(c4ccccc4)(c4ccc(-c6ccccc6)cc4)c4ccccc4-5)cc3)cc2)cc1. The van der Waals surface area contributed by atoms with E-state index in [1.54, 1.807) is 0 Å². The standard InChI is InChI=1S/C61H43N/c1-5-15-44(16-6-1)47-25-34-53(35-26-47)61(52-21-11-4-12-22-52)59-24-14-13-23-57(59)58-42-33-51(43-60(58)61)50-31-40-56(41-32-50)62(54-36-27-48(28-37-54)45-17-7-2-8-18-45)55-38-29-49(30-39-55)46-19-9-3-10-20-46/h1-43H. The monoisotopic (exact) mass is 789 g/mol. The van der Waals surface area contributed by atoms with E-state index >= 15 is 0 Å². The van der Waals surface area contributed by atoms with Crippen LogP contribution in [0.5, 0.6) is 0 Å². The quantitative estimate of drug-likeness (QED) is 0.141. The lowest BCUT2D eigenvalue weighted by Gasteiger charge is -2.34. The predicted octanol–water partition coefficient (Wildman–Crippen LogP) is 16.2. The van der Waals surface area contributed by atoms with Crippen molar-refractivity contribution in [2.24, 2.45) is 0 Å². The van der Waals surface area contributed by atoms with Gasteiger partial charge in [0.2, 0.25) is 0 Å². The topological polar surface area (TPSA) is 3.24 Å². The molecule has 1 atom stereocenters. The molecule has 0 aromatic heterocycles. The van der Waals surface area contributed by atoms with Crippen LogP contribution in [0.25, 0.3) is 55.6 Å². The van der Waals surface area contributed by atoms with Gasteiger partial charge in [0.05, 0.1) is 5.41 Å². The summed E-state index contributed by atoms with van der Waals surface area (Å²) in [6.45, 7) is 0. The molecule has 0 bridgehead atoms. The van der Waals surface area contributed by atoms with Gasteiger partial charge in [0.25, 0.3) is 0 Å². The number of rotatable bonds is 9. The van der Waals surface area contributed by atoms with E-state index in [1.165, 1.54) is 77.9 Å². The molecule has 0 N–H and O–H groups in total. The first-order valence-corrected chi connectivity index (χ1v) is 21.4. The van der Waals surface area contributed by atoms with Crippen molar-refractivity contribution in [3.05, 3.63) is 283 Å². The number of nitrogens with zero attached hydrogens (tertiary/aromatic N) is 1. The normalized spacial score (nSPS) is 13.9. The third-order valence-corrected chi connectivity index (χ3v) is 12.6. The van der Waals surface area contributed by atoms with Crippen molar-refractivity contribution in [2.75, 3.05) is 4.90 Å². The Bertz CT molecular complexity index is 3020. The van der Waals surface area contributed by atoms with Crippen LogP contribution < -0.4 is 4.90 Å². The van der Waals surface area contributed by atoms with Crippen LogP contribution in [0.1, 0.15) is 22.3 Å². The summed E-state index contributed by atoms with van der Waals surface area (Å²) in [5, 5.41) is 0. The summed E-state index contributed by atoms with van der Waals surface area (Å²) in [5.74, 6) is 0. The van der Waals surface area contributed by atoms with E-state index in [9.17, 15) is 0 Å². The fourth-order valence-corrected chi connectivity index (χ4v) is 9.60. The van der Waals surface area contributed by atoms with Crippen molar-refractivity contribution < 1.29 is 0 Å². The Hall–Kier alpha value is -8.00. The van der Waals surface area contributed by atoms with Crippen molar-refractivity contribution in [1.29, 1.82) is 0 Å². The van der Waals surface area contributed by atoms with Crippen LogP contribution in [0.4, 0.5) is 17.1 Å². The van der Waals surface area contributed by atoms with Gasteiger partial charge in [-0.2, -0.15) is 0 Å². The number of hydrogen-bond acceptors (Lipinski definition) is 1. The highest BCUT2D eigenvalue weighted by atomic mass is 15.1. The van der Waals surface area contributed by atoms with Crippen LogP contribution >= 0.6 is 0 Å². The van der Waals surface area contributed by atoms with Crippen LogP contribution in [-0.2, 0) is 5.41 Å². The molecule has 11 rings (SSSR count). The summed E-state index contributed by atoms with van der Waals surface area (Å²) < 4.78 is 0. The summed E-state index contributed by atoms with van der Waals surface area (Å²) in [7, 11) is 0. The van der Waals surface area contributed by atoms with E-state index in [-0.39, 0.29) is 0 Å². The van der Waals surface area contributed by atoms with Gasteiger partial charge in [0, 0.05) is 17.1 Å². The first kappa shape index (κ1) is 37.0.